The van der Waals surface area contributed by atoms with Crippen LogP contribution in [0.5, 0.6) is 5.75 Å². The number of aromatic carboxylic acids is 1. The van der Waals surface area contributed by atoms with E-state index in [4.69, 9.17) is 9.72 Å². The minimum Gasteiger partial charge on any atom is -0.496 e. The highest BCUT2D eigenvalue weighted by molar-refractivity contribution is 7.16. The molecule has 1 N–H and O–H groups in total. The van der Waals surface area contributed by atoms with E-state index < -0.39 is 5.97 Å². The lowest BCUT2D eigenvalue weighted by Gasteiger charge is -2.37. The third-order valence-corrected chi connectivity index (χ3v) is 7.20. The fourth-order valence-electron chi connectivity index (χ4n) is 3.88. The van der Waals surface area contributed by atoms with Crippen LogP contribution in [-0.4, -0.2) is 29.7 Å². The minimum atomic E-state index is -0.989. The van der Waals surface area contributed by atoms with Gasteiger partial charge in [-0.2, -0.15) is 0 Å². The number of carbonyl (C=O) groups is 1. The first kappa shape index (κ1) is 21.6. The van der Waals surface area contributed by atoms with Crippen molar-refractivity contribution in [3.05, 3.63) is 34.3 Å². The summed E-state index contributed by atoms with van der Waals surface area (Å²) in [5.41, 5.74) is 2.46. The maximum absolute atomic E-state index is 11.5. The van der Waals surface area contributed by atoms with E-state index in [1.54, 1.807) is 17.4 Å². The molecular formula is C23H32N2O3S. The second-order valence-electron chi connectivity index (χ2n) is 9.64. The number of anilines is 2. The Hall–Kier alpha value is -2.08. The lowest BCUT2D eigenvalue weighted by Crippen LogP contribution is -2.32. The SMILES string of the molecule is COc1cc(N(CC(C)C)c2nc3c(s2)C(C)(C)CCC3(C)C)ccc1C(=O)O. The highest BCUT2D eigenvalue weighted by atomic mass is 32.1. The first-order valence-corrected chi connectivity index (χ1v) is 11.0. The molecule has 6 heteroatoms. The number of fused-ring (bicyclic) bond motifs is 1. The van der Waals surface area contributed by atoms with Gasteiger partial charge in [-0.1, -0.05) is 41.5 Å². The summed E-state index contributed by atoms with van der Waals surface area (Å²) in [6, 6.07) is 5.28. The maximum atomic E-state index is 11.5. The van der Waals surface area contributed by atoms with Gasteiger partial charge in [0.2, 0.25) is 0 Å². The Labute approximate surface area is 177 Å². The second kappa shape index (κ2) is 7.63. The highest BCUT2D eigenvalue weighted by Crippen LogP contribution is 2.50. The average Bonchev–Trinajstić information content (AvgIpc) is 3.10. The van der Waals surface area contributed by atoms with Crippen molar-refractivity contribution >= 4 is 28.1 Å². The number of hydrogen-bond donors (Lipinski definition) is 1. The van der Waals surface area contributed by atoms with Crippen LogP contribution in [-0.2, 0) is 10.8 Å². The van der Waals surface area contributed by atoms with Gasteiger partial charge >= 0.3 is 5.97 Å². The van der Waals surface area contributed by atoms with E-state index in [1.807, 2.05) is 12.1 Å². The second-order valence-corrected chi connectivity index (χ2v) is 10.6. The first-order valence-electron chi connectivity index (χ1n) is 10.2. The summed E-state index contributed by atoms with van der Waals surface area (Å²) >= 11 is 1.77. The molecule has 3 rings (SSSR count). The molecule has 0 saturated heterocycles. The summed E-state index contributed by atoms with van der Waals surface area (Å²) in [6.07, 6.45) is 2.28. The van der Waals surface area contributed by atoms with Crippen molar-refractivity contribution in [2.24, 2.45) is 5.92 Å². The Morgan fingerprint density at radius 2 is 1.90 bits per heavy atom. The van der Waals surface area contributed by atoms with Gasteiger partial charge in [0.25, 0.3) is 0 Å². The van der Waals surface area contributed by atoms with Crippen LogP contribution in [0.15, 0.2) is 18.2 Å². The van der Waals surface area contributed by atoms with Gasteiger partial charge in [0, 0.05) is 34.0 Å². The minimum absolute atomic E-state index is 0.0635. The van der Waals surface area contributed by atoms with Gasteiger partial charge in [-0.15, -0.1) is 11.3 Å². The van der Waals surface area contributed by atoms with Crippen molar-refractivity contribution in [1.82, 2.24) is 4.98 Å². The molecule has 1 aliphatic carbocycles. The number of nitrogens with zero attached hydrogens (tertiary/aromatic N) is 2. The number of hydrogen-bond acceptors (Lipinski definition) is 5. The zero-order chi connectivity index (χ0) is 21.6. The van der Waals surface area contributed by atoms with E-state index in [1.165, 1.54) is 17.7 Å². The summed E-state index contributed by atoms with van der Waals surface area (Å²) < 4.78 is 5.36. The predicted molar refractivity (Wildman–Crippen MR) is 119 cm³/mol. The molecule has 1 aromatic carbocycles. The predicted octanol–water partition coefficient (Wildman–Crippen LogP) is 5.99. The molecule has 0 fully saturated rings. The third-order valence-electron chi connectivity index (χ3n) is 5.75. The van der Waals surface area contributed by atoms with Crippen LogP contribution in [0, 0.1) is 5.92 Å². The fourth-order valence-corrected chi connectivity index (χ4v) is 5.29. The molecule has 0 spiro atoms. The van der Waals surface area contributed by atoms with E-state index in [0.29, 0.717) is 11.7 Å². The summed E-state index contributed by atoms with van der Waals surface area (Å²) in [5.74, 6) is -0.204. The maximum Gasteiger partial charge on any atom is 0.339 e. The Balaban J connectivity index is 2.12. The summed E-state index contributed by atoms with van der Waals surface area (Å²) in [4.78, 5) is 20.2. The van der Waals surface area contributed by atoms with Gasteiger partial charge in [0.05, 0.1) is 12.8 Å². The molecule has 29 heavy (non-hydrogen) atoms. The zero-order valence-electron chi connectivity index (χ0n) is 18.5. The summed E-state index contributed by atoms with van der Waals surface area (Å²) in [7, 11) is 1.51. The van der Waals surface area contributed by atoms with Gasteiger partial charge in [-0.3, -0.25) is 0 Å². The molecule has 1 aliphatic rings. The molecule has 0 amide bonds. The van der Waals surface area contributed by atoms with E-state index in [-0.39, 0.29) is 16.4 Å². The Kier molecular flexibility index (Phi) is 5.69. The normalized spacial score (nSPS) is 17.1. The molecule has 5 nitrogen and oxygen atoms in total. The van der Waals surface area contributed by atoms with Crippen LogP contribution in [0.3, 0.4) is 0 Å². The largest absolute Gasteiger partial charge is 0.496 e. The van der Waals surface area contributed by atoms with Gasteiger partial charge in [0.15, 0.2) is 5.13 Å². The monoisotopic (exact) mass is 416 g/mol. The number of carboxylic acid groups (broad SMARTS) is 1. The molecule has 0 unspecified atom stereocenters. The highest BCUT2D eigenvalue weighted by Gasteiger charge is 2.41. The van der Waals surface area contributed by atoms with Crippen LogP contribution in [0.2, 0.25) is 0 Å². The number of benzene rings is 1. The number of rotatable bonds is 6. The van der Waals surface area contributed by atoms with Crippen LogP contribution < -0.4 is 9.64 Å². The van der Waals surface area contributed by atoms with Gasteiger partial charge in [-0.25, -0.2) is 9.78 Å². The molecule has 2 aromatic rings. The number of ether oxygens (including phenoxy) is 1. The molecule has 0 atom stereocenters. The molecular weight excluding hydrogens is 384 g/mol. The van der Waals surface area contributed by atoms with Gasteiger partial charge in [-0.05, 0) is 30.9 Å². The summed E-state index contributed by atoms with van der Waals surface area (Å²) in [6.45, 7) is 14.3. The standard InChI is InChI=1S/C23H32N2O3S/c1-14(2)13-25(15-8-9-16(20(26)27)17(12-15)28-7)21-24-18-19(29-21)23(5,6)11-10-22(18,3)4/h8-9,12,14H,10-11,13H2,1-7H3,(H,26,27). The van der Waals surface area contributed by atoms with Crippen LogP contribution >= 0.6 is 11.3 Å². The Bertz CT molecular complexity index is 881. The van der Waals surface area contributed by atoms with Crippen molar-refractivity contribution in [3.8, 4) is 5.75 Å². The number of thiazole rings is 1. The van der Waals surface area contributed by atoms with E-state index in [0.717, 1.165) is 30.2 Å². The fraction of sp³-hybridized carbons (Fsp3) is 0.565. The molecule has 0 aliphatic heterocycles. The lowest BCUT2D eigenvalue weighted by molar-refractivity contribution is 0.0693. The van der Waals surface area contributed by atoms with E-state index >= 15 is 0 Å². The summed E-state index contributed by atoms with van der Waals surface area (Å²) in [5, 5.41) is 10.4. The molecule has 0 saturated carbocycles. The number of methoxy groups -OCH3 is 1. The molecule has 158 valence electrons. The van der Waals surface area contributed by atoms with Crippen molar-refractivity contribution in [1.29, 1.82) is 0 Å². The van der Waals surface area contributed by atoms with Crippen molar-refractivity contribution in [2.75, 3.05) is 18.6 Å². The number of carboxylic acids is 1. The Morgan fingerprint density at radius 1 is 1.24 bits per heavy atom. The van der Waals surface area contributed by atoms with E-state index in [2.05, 4.69) is 46.4 Å². The molecule has 1 aromatic heterocycles. The van der Waals surface area contributed by atoms with Gasteiger partial charge < -0.3 is 14.7 Å². The van der Waals surface area contributed by atoms with Crippen molar-refractivity contribution in [3.63, 3.8) is 0 Å². The number of aromatic nitrogens is 1. The Morgan fingerprint density at radius 3 is 2.45 bits per heavy atom. The molecule has 1 heterocycles. The quantitative estimate of drug-likeness (QED) is 0.626. The van der Waals surface area contributed by atoms with Crippen molar-refractivity contribution < 1.29 is 14.6 Å². The smallest absolute Gasteiger partial charge is 0.339 e. The van der Waals surface area contributed by atoms with E-state index in [9.17, 15) is 9.90 Å². The van der Waals surface area contributed by atoms with Gasteiger partial charge in [0.1, 0.15) is 11.3 Å². The molecule has 0 radical (unpaired) electrons. The zero-order valence-corrected chi connectivity index (χ0v) is 19.3. The lowest BCUT2D eigenvalue weighted by atomic mass is 9.69. The first-order chi connectivity index (χ1) is 13.5. The average molecular weight is 417 g/mol. The van der Waals surface area contributed by atoms with Crippen LogP contribution in [0.4, 0.5) is 10.8 Å². The van der Waals surface area contributed by atoms with Crippen LogP contribution in [0.1, 0.15) is 75.3 Å². The van der Waals surface area contributed by atoms with Crippen molar-refractivity contribution in [2.45, 2.75) is 65.2 Å². The topological polar surface area (TPSA) is 62.7 Å². The molecule has 0 bridgehead atoms. The van der Waals surface area contributed by atoms with Crippen LogP contribution in [0.25, 0.3) is 0 Å². The third kappa shape index (κ3) is 4.13.